The smallest absolute Gasteiger partial charge is 0.216 e. The lowest BCUT2D eigenvalue weighted by Crippen LogP contribution is -2.00. The average molecular weight is 632 g/mol. The predicted octanol–water partition coefficient (Wildman–Crippen LogP) is 8.70. The quantitative estimate of drug-likeness (QED) is 0.162. The van der Waals surface area contributed by atoms with Crippen molar-refractivity contribution in [2.24, 2.45) is 0 Å². The Balaban J connectivity index is 1.52. The molecule has 0 saturated carbocycles. The van der Waals surface area contributed by atoms with Crippen molar-refractivity contribution in [2.45, 2.75) is 3.79 Å². The summed E-state index contributed by atoms with van der Waals surface area (Å²) in [6.45, 7) is 0. The lowest BCUT2D eigenvalue weighted by Gasteiger charge is -2.12. The molecule has 44 heavy (non-hydrogen) atoms. The number of hydrogen-bond acceptors (Lipinski definition) is 6. The molecule has 5 heterocycles. The molecule has 11 heteroatoms. The van der Waals surface area contributed by atoms with Crippen LogP contribution in [0.25, 0.3) is 89.7 Å². The molecule has 3 aromatic heterocycles. The van der Waals surface area contributed by atoms with E-state index >= 15 is 0 Å². The van der Waals surface area contributed by atoms with Crippen molar-refractivity contribution in [3.05, 3.63) is 96.6 Å². The van der Waals surface area contributed by atoms with Gasteiger partial charge in [0.25, 0.3) is 0 Å². The van der Waals surface area contributed by atoms with Crippen LogP contribution in [0.5, 0.6) is 0 Å². The van der Waals surface area contributed by atoms with Crippen molar-refractivity contribution in [2.75, 3.05) is 0 Å². The fourth-order valence-corrected chi connectivity index (χ4v) is 6.40. The zero-order valence-electron chi connectivity index (χ0n) is 22.5. The number of aromatic nitrogens is 8. The molecule has 8 nitrogen and oxygen atoms in total. The van der Waals surface area contributed by atoms with Crippen LogP contribution in [-0.2, 0) is 3.79 Å². The van der Waals surface area contributed by atoms with Gasteiger partial charge in [-0.1, -0.05) is 126 Å². The summed E-state index contributed by atoms with van der Waals surface area (Å²) in [5.74, 6) is 2.03. The average Bonchev–Trinajstić information content (AvgIpc) is 3.76. The van der Waals surface area contributed by atoms with Gasteiger partial charge in [-0.2, -0.15) is 0 Å². The van der Waals surface area contributed by atoms with E-state index in [4.69, 9.17) is 64.7 Å². The third-order valence-corrected chi connectivity index (χ3v) is 8.50. The Kier molecular flexibility index (Phi) is 5.41. The van der Waals surface area contributed by atoms with E-state index in [0.29, 0.717) is 56.8 Å². The van der Waals surface area contributed by atoms with Crippen molar-refractivity contribution in [3.63, 3.8) is 0 Å². The summed E-state index contributed by atoms with van der Waals surface area (Å²) in [6, 6.07) is 29.2. The van der Waals surface area contributed by atoms with E-state index in [1.807, 2.05) is 84.9 Å². The van der Waals surface area contributed by atoms with E-state index in [2.05, 4.69) is 9.97 Å². The summed E-state index contributed by atoms with van der Waals surface area (Å²) in [7, 11) is 0. The molecule has 0 fully saturated rings. The topological polar surface area (TPSA) is 109 Å². The van der Waals surface area contributed by atoms with E-state index < -0.39 is 3.79 Å². The Hall–Kier alpha value is -4.89. The van der Waals surface area contributed by atoms with Crippen LogP contribution in [0.4, 0.5) is 0 Å². The van der Waals surface area contributed by atoms with Gasteiger partial charge in [0, 0.05) is 49.4 Å². The van der Waals surface area contributed by atoms with Crippen LogP contribution in [-0.4, -0.2) is 39.9 Å². The van der Waals surface area contributed by atoms with Crippen LogP contribution >= 0.6 is 34.8 Å². The molecule has 8 bridgehead atoms. The van der Waals surface area contributed by atoms with Gasteiger partial charge in [0.05, 0.1) is 0 Å². The fourth-order valence-electron chi connectivity index (χ4n) is 5.93. The largest absolute Gasteiger partial charge is 0.324 e. The summed E-state index contributed by atoms with van der Waals surface area (Å²) in [5, 5.41) is 3.18. The Morgan fingerprint density at radius 3 is 1.27 bits per heavy atom. The van der Waals surface area contributed by atoms with Crippen LogP contribution in [0.3, 0.4) is 0 Å². The summed E-state index contributed by atoms with van der Waals surface area (Å²) in [5.41, 5.74) is 6.11. The lowest BCUT2D eigenvalue weighted by molar-refractivity contribution is 1.19. The Bertz CT molecular complexity index is 2510. The molecule has 0 atom stereocenters. The highest BCUT2D eigenvalue weighted by Crippen LogP contribution is 2.44. The fraction of sp³-hybridized carbons (Fsp3) is 0.0303. The first kappa shape index (κ1) is 25.6. The van der Waals surface area contributed by atoms with Crippen LogP contribution in [0, 0.1) is 0 Å². The summed E-state index contributed by atoms with van der Waals surface area (Å²) >= 11 is 19.5. The van der Waals surface area contributed by atoms with Crippen molar-refractivity contribution in [1.82, 2.24) is 39.9 Å². The van der Waals surface area contributed by atoms with Crippen LogP contribution in [0.1, 0.15) is 5.56 Å². The van der Waals surface area contributed by atoms with E-state index in [0.717, 1.165) is 38.4 Å². The van der Waals surface area contributed by atoms with Gasteiger partial charge in [0.15, 0.2) is 23.3 Å². The lowest BCUT2D eigenvalue weighted by atomic mass is 10.1. The molecule has 0 saturated heterocycles. The normalized spacial score (nSPS) is 12.4. The molecular weight excluding hydrogens is 615 g/mol. The van der Waals surface area contributed by atoms with Crippen LogP contribution in [0.2, 0.25) is 0 Å². The molecule has 0 spiro atoms. The third kappa shape index (κ3) is 3.85. The first-order chi connectivity index (χ1) is 21.4. The molecule has 0 aliphatic carbocycles. The minimum absolute atomic E-state index is 0.455. The highest BCUT2D eigenvalue weighted by atomic mass is 35.6. The molecule has 0 amide bonds. The first-order valence-corrected chi connectivity index (χ1v) is 14.9. The second-order valence-corrected chi connectivity index (χ2v) is 12.8. The Morgan fingerprint density at radius 2 is 0.795 bits per heavy atom. The number of nitrogens with one attached hydrogen (secondary N) is 2. The number of halogens is 3. The number of hydrogen-bond donors (Lipinski definition) is 2. The minimum Gasteiger partial charge on any atom is -0.324 e. The predicted molar refractivity (Wildman–Crippen MR) is 175 cm³/mol. The SMILES string of the molecule is ClC(Cl)(Cl)c1cccc2c3nc4nc(nc5[nH]c(nc6nc(nc([nH]3)c12)-c1ccccc1-6)c1ccccc51)-c1ccccc1-4. The van der Waals surface area contributed by atoms with E-state index in [1.54, 1.807) is 6.07 Å². The zero-order chi connectivity index (χ0) is 29.6. The summed E-state index contributed by atoms with van der Waals surface area (Å²) in [6.07, 6.45) is 0. The number of fused-ring (bicyclic) bond motifs is 20. The summed E-state index contributed by atoms with van der Waals surface area (Å²) in [4.78, 5) is 36.7. The molecule has 2 N–H and O–H groups in total. The summed E-state index contributed by atoms with van der Waals surface area (Å²) < 4.78 is -1.71. The van der Waals surface area contributed by atoms with Crippen molar-refractivity contribution < 1.29 is 0 Å². The highest BCUT2D eigenvalue weighted by Gasteiger charge is 2.28. The van der Waals surface area contributed by atoms with Crippen LogP contribution < -0.4 is 0 Å². The van der Waals surface area contributed by atoms with E-state index in [-0.39, 0.29) is 0 Å². The molecule has 2 aliphatic heterocycles. The molecule has 2 aliphatic rings. The van der Waals surface area contributed by atoms with Gasteiger partial charge >= 0.3 is 0 Å². The molecule has 7 aromatic rings. The maximum atomic E-state index is 6.48. The number of H-pyrrole nitrogens is 2. The third-order valence-electron chi connectivity index (χ3n) is 7.88. The first-order valence-electron chi connectivity index (χ1n) is 13.7. The van der Waals surface area contributed by atoms with Gasteiger partial charge in [-0.3, -0.25) is 0 Å². The monoisotopic (exact) mass is 630 g/mol. The maximum absolute atomic E-state index is 6.48. The van der Waals surface area contributed by atoms with Crippen LogP contribution in [0.15, 0.2) is 91.0 Å². The minimum atomic E-state index is -1.71. The molecule has 210 valence electrons. The van der Waals surface area contributed by atoms with Crippen molar-refractivity contribution in [3.8, 4) is 45.6 Å². The van der Waals surface area contributed by atoms with E-state index in [9.17, 15) is 0 Å². The van der Waals surface area contributed by atoms with Crippen molar-refractivity contribution in [1.29, 1.82) is 0 Å². The highest BCUT2D eigenvalue weighted by molar-refractivity contribution is 6.67. The Labute approximate surface area is 263 Å². The number of nitrogens with zero attached hydrogens (tertiary/aromatic N) is 6. The second kappa shape index (κ2) is 9.30. The number of aromatic amines is 2. The standard InChI is InChI=1S/C33H17Cl3N8/c34-33(35,36)23-15-7-14-22-24(23)32-43-30-21-13-6-5-12-20(21)28(41-30)39-26-17-9-2-1-8-16(17)25(37-26)38-27-18-10-3-4-11-19(18)29(40-27)42-31(22)44-32/h1-15H,(H2,37,38,39,40,41,42,43,44). The molecule has 0 radical (unpaired) electrons. The Morgan fingerprint density at radius 1 is 0.409 bits per heavy atom. The second-order valence-electron chi connectivity index (χ2n) is 10.5. The molecule has 9 rings (SSSR count). The van der Waals surface area contributed by atoms with Gasteiger partial charge in [0.2, 0.25) is 3.79 Å². The van der Waals surface area contributed by atoms with Gasteiger partial charge in [-0.15, -0.1) is 0 Å². The van der Waals surface area contributed by atoms with Gasteiger partial charge in [-0.05, 0) is 0 Å². The molecule has 0 unspecified atom stereocenters. The molecular formula is C33H17Cl3N8. The van der Waals surface area contributed by atoms with E-state index in [1.165, 1.54) is 0 Å². The number of alkyl halides is 3. The van der Waals surface area contributed by atoms with Gasteiger partial charge in [0.1, 0.15) is 22.6 Å². The number of benzene rings is 4. The van der Waals surface area contributed by atoms with Gasteiger partial charge < -0.3 is 9.97 Å². The maximum Gasteiger partial charge on any atom is 0.216 e. The van der Waals surface area contributed by atoms with Crippen molar-refractivity contribution >= 4 is 78.9 Å². The van der Waals surface area contributed by atoms with Gasteiger partial charge in [-0.25, -0.2) is 29.9 Å². The number of rotatable bonds is 0. The zero-order valence-corrected chi connectivity index (χ0v) is 24.7. The molecule has 4 aromatic carbocycles.